The third kappa shape index (κ3) is 3.56. The van der Waals surface area contributed by atoms with Crippen LogP contribution in [0.3, 0.4) is 0 Å². The Bertz CT molecular complexity index is 1480. The van der Waals surface area contributed by atoms with E-state index in [1.165, 1.54) is 12.7 Å². The van der Waals surface area contributed by atoms with Gasteiger partial charge >= 0.3 is 5.97 Å². The lowest BCUT2D eigenvalue weighted by atomic mass is 9.84. The minimum Gasteiger partial charge on any atom is -0.480 e. The molecule has 3 aromatic carbocycles. The summed E-state index contributed by atoms with van der Waals surface area (Å²) in [4.78, 5) is 16.4. The van der Waals surface area contributed by atoms with Crippen LogP contribution in [0.5, 0.6) is 5.75 Å². The molecule has 0 radical (unpaired) electrons. The molecule has 0 saturated heterocycles. The Kier molecular flexibility index (Phi) is 5.07. The minimum absolute atomic E-state index is 0.262. The maximum absolute atomic E-state index is 12.0. The number of aromatic nitrogens is 3. The Labute approximate surface area is 207 Å². The first kappa shape index (κ1) is 21.4. The number of anilines is 1. The summed E-state index contributed by atoms with van der Waals surface area (Å²) in [6.45, 7) is 2.06. The molecule has 35 heavy (non-hydrogen) atoms. The van der Waals surface area contributed by atoms with Gasteiger partial charge in [-0.25, -0.2) is 9.48 Å². The molecule has 0 aliphatic carbocycles. The van der Waals surface area contributed by atoms with E-state index in [4.69, 9.17) is 21.1 Å². The van der Waals surface area contributed by atoms with E-state index >= 15 is 0 Å². The van der Waals surface area contributed by atoms with E-state index in [2.05, 4.69) is 46.6 Å². The van der Waals surface area contributed by atoms with E-state index < -0.39 is 6.10 Å². The van der Waals surface area contributed by atoms with Gasteiger partial charge in [-0.1, -0.05) is 53.6 Å². The lowest BCUT2D eigenvalue weighted by molar-refractivity contribution is 0.0600. The van der Waals surface area contributed by atoms with Crippen LogP contribution in [0.2, 0.25) is 5.02 Å². The van der Waals surface area contributed by atoms with Crippen molar-refractivity contribution in [3.05, 3.63) is 111 Å². The van der Waals surface area contributed by atoms with E-state index in [0.717, 1.165) is 28.0 Å². The van der Waals surface area contributed by atoms with Gasteiger partial charge in [0.2, 0.25) is 5.95 Å². The number of carbonyl (C=O) groups excluding carboxylic acids is 1. The monoisotopic (exact) mass is 484 g/mol. The van der Waals surface area contributed by atoms with Crippen LogP contribution in [0.25, 0.3) is 5.70 Å². The van der Waals surface area contributed by atoms with Crippen molar-refractivity contribution < 1.29 is 14.3 Å². The van der Waals surface area contributed by atoms with E-state index in [9.17, 15) is 4.79 Å². The van der Waals surface area contributed by atoms with Gasteiger partial charge < -0.3 is 14.8 Å². The molecular formula is C27H21ClN4O3. The summed E-state index contributed by atoms with van der Waals surface area (Å²) >= 11 is 6.39. The van der Waals surface area contributed by atoms with Gasteiger partial charge in [-0.2, -0.15) is 10.1 Å². The Morgan fingerprint density at radius 3 is 2.54 bits per heavy atom. The maximum atomic E-state index is 12.0. The molecule has 2 atom stereocenters. The molecule has 4 aromatic rings. The lowest BCUT2D eigenvalue weighted by Crippen LogP contribution is -2.32. The van der Waals surface area contributed by atoms with Crippen molar-refractivity contribution in [1.82, 2.24) is 14.8 Å². The van der Waals surface area contributed by atoms with Gasteiger partial charge in [-0.05, 0) is 48.4 Å². The first-order chi connectivity index (χ1) is 17.0. The summed E-state index contributed by atoms with van der Waals surface area (Å²) < 4.78 is 13.3. The number of fused-ring (bicyclic) bond motifs is 3. The average molecular weight is 485 g/mol. The number of carbonyl (C=O) groups is 1. The number of benzene rings is 3. The number of methoxy groups -OCH3 is 1. The summed E-state index contributed by atoms with van der Waals surface area (Å²) in [5.74, 6) is 0.963. The van der Waals surface area contributed by atoms with Crippen LogP contribution in [0, 0.1) is 6.92 Å². The smallest absolute Gasteiger partial charge is 0.337 e. The SMILES string of the molecule is COC(=O)c1ccc([C@@H]2Oc3ccc(Cl)cc3C3=C2[C@@H](c2ccc(C)cc2)n2ncnc2N3)cc1. The van der Waals surface area contributed by atoms with E-state index in [1.54, 1.807) is 18.5 Å². The van der Waals surface area contributed by atoms with Crippen LogP contribution in [-0.4, -0.2) is 27.8 Å². The number of esters is 1. The van der Waals surface area contributed by atoms with Crippen molar-refractivity contribution in [2.45, 2.75) is 19.1 Å². The molecule has 1 N–H and O–H groups in total. The first-order valence-corrected chi connectivity index (χ1v) is 11.5. The summed E-state index contributed by atoms with van der Waals surface area (Å²) in [5.41, 5.74) is 6.33. The number of halogens is 1. The van der Waals surface area contributed by atoms with Crippen LogP contribution >= 0.6 is 11.6 Å². The van der Waals surface area contributed by atoms with Gasteiger partial charge in [0.25, 0.3) is 0 Å². The number of ether oxygens (including phenoxy) is 2. The predicted octanol–water partition coefficient (Wildman–Crippen LogP) is 5.59. The highest BCUT2D eigenvalue weighted by Crippen LogP contribution is 2.51. The molecule has 6 rings (SSSR count). The number of aryl methyl sites for hydroxylation is 1. The molecule has 0 fully saturated rings. The summed E-state index contributed by atoms with van der Waals surface area (Å²) in [7, 11) is 1.37. The minimum atomic E-state index is -0.443. The van der Waals surface area contributed by atoms with Crippen molar-refractivity contribution in [3.8, 4) is 5.75 Å². The van der Waals surface area contributed by atoms with Crippen molar-refractivity contribution in [3.63, 3.8) is 0 Å². The van der Waals surface area contributed by atoms with Gasteiger partial charge in [0.1, 0.15) is 24.2 Å². The Morgan fingerprint density at radius 1 is 1.06 bits per heavy atom. The Morgan fingerprint density at radius 2 is 1.80 bits per heavy atom. The molecule has 0 saturated carbocycles. The zero-order chi connectivity index (χ0) is 24.1. The molecule has 2 aliphatic rings. The highest BCUT2D eigenvalue weighted by atomic mass is 35.5. The van der Waals surface area contributed by atoms with Crippen molar-refractivity contribution in [1.29, 1.82) is 0 Å². The molecule has 0 bridgehead atoms. The number of hydrogen-bond donors (Lipinski definition) is 1. The van der Waals surface area contributed by atoms with Crippen molar-refractivity contribution in [2.24, 2.45) is 0 Å². The fourth-order valence-electron chi connectivity index (χ4n) is 4.70. The van der Waals surface area contributed by atoms with Crippen molar-refractivity contribution in [2.75, 3.05) is 12.4 Å². The zero-order valence-electron chi connectivity index (χ0n) is 19.0. The number of nitrogens with one attached hydrogen (secondary N) is 1. The molecule has 174 valence electrons. The summed E-state index contributed by atoms with van der Waals surface area (Å²) in [5, 5.41) is 8.62. The Hall–Kier alpha value is -4.10. The van der Waals surface area contributed by atoms with Crippen LogP contribution in [-0.2, 0) is 4.74 Å². The first-order valence-electron chi connectivity index (χ1n) is 11.2. The van der Waals surface area contributed by atoms with Gasteiger partial charge in [0, 0.05) is 16.2 Å². The maximum Gasteiger partial charge on any atom is 0.337 e. The van der Waals surface area contributed by atoms with Crippen LogP contribution in [0.15, 0.2) is 78.6 Å². The highest BCUT2D eigenvalue weighted by molar-refractivity contribution is 6.30. The topological polar surface area (TPSA) is 78.3 Å². The van der Waals surface area contributed by atoms with Gasteiger partial charge in [0.15, 0.2) is 0 Å². The second-order valence-corrected chi connectivity index (χ2v) is 8.99. The molecule has 0 unspecified atom stereocenters. The van der Waals surface area contributed by atoms with Crippen LogP contribution < -0.4 is 10.1 Å². The standard InChI is InChI=1S/C27H21ClN4O3/c1-15-3-5-16(6-4-15)24-22-23(31-27-29-14-30-32(24)27)20-13-19(28)11-12-21(20)35-25(22)17-7-9-18(10-8-17)26(33)34-2/h3-14,24-25H,1-2H3,(H,29,30,31)/t24-,25+/m1/s1. The third-order valence-electron chi connectivity index (χ3n) is 6.40. The largest absolute Gasteiger partial charge is 0.480 e. The highest BCUT2D eigenvalue weighted by Gasteiger charge is 2.41. The molecule has 1 aromatic heterocycles. The number of hydrogen-bond acceptors (Lipinski definition) is 6. The molecule has 0 amide bonds. The normalized spacial score (nSPS) is 18.0. The molecule has 8 heteroatoms. The van der Waals surface area contributed by atoms with Crippen LogP contribution in [0.4, 0.5) is 5.95 Å². The lowest BCUT2D eigenvalue weighted by Gasteiger charge is -2.39. The van der Waals surface area contributed by atoms with E-state index in [0.29, 0.717) is 22.3 Å². The quantitative estimate of drug-likeness (QED) is 0.382. The average Bonchev–Trinajstić information content (AvgIpc) is 3.36. The van der Waals surface area contributed by atoms with E-state index in [-0.39, 0.29) is 12.0 Å². The second-order valence-electron chi connectivity index (χ2n) is 8.55. The summed E-state index contributed by atoms with van der Waals surface area (Å²) in [6.07, 6.45) is 1.10. The van der Waals surface area contributed by atoms with Gasteiger partial charge in [-0.15, -0.1) is 0 Å². The van der Waals surface area contributed by atoms with Crippen molar-refractivity contribution >= 4 is 29.2 Å². The summed E-state index contributed by atoms with van der Waals surface area (Å²) in [6, 6.07) is 21.0. The van der Waals surface area contributed by atoms with Crippen LogP contribution in [0.1, 0.15) is 44.8 Å². The zero-order valence-corrected chi connectivity index (χ0v) is 19.8. The van der Waals surface area contributed by atoms with Gasteiger partial charge in [0.05, 0.1) is 18.4 Å². The predicted molar refractivity (Wildman–Crippen MR) is 132 cm³/mol. The second kappa shape index (κ2) is 8.29. The Balaban J connectivity index is 1.57. The molecular weight excluding hydrogens is 464 g/mol. The fraction of sp³-hybridized carbons (Fsp3) is 0.148. The third-order valence-corrected chi connectivity index (χ3v) is 6.64. The number of rotatable bonds is 3. The fourth-order valence-corrected chi connectivity index (χ4v) is 4.87. The molecule has 2 aliphatic heterocycles. The molecule has 0 spiro atoms. The van der Waals surface area contributed by atoms with E-state index in [1.807, 2.05) is 35.0 Å². The molecule has 7 nitrogen and oxygen atoms in total. The molecule has 3 heterocycles. The van der Waals surface area contributed by atoms with Gasteiger partial charge in [-0.3, -0.25) is 0 Å². The number of nitrogens with zero attached hydrogens (tertiary/aromatic N) is 3.